The fourth-order valence-corrected chi connectivity index (χ4v) is 4.67. The van der Waals surface area contributed by atoms with E-state index in [9.17, 15) is 4.79 Å². The van der Waals surface area contributed by atoms with E-state index in [1.54, 1.807) is 24.3 Å². The molecule has 2 heterocycles. The van der Waals surface area contributed by atoms with Crippen LogP contribution >= 0.6 is 23.2 Å². The third-order valence-electron chi connectivity index (χ3n) is 6.18. The number of aryl methyl sites for hydroxylation is 1. The summed E-state index contributed by atoms with van der Waals surface area (Å²) in [4.78, 5) is 15.4. The van der Waals surface area contributed by atoms with Crippen LogP contribution in [0.4, 0.5) is 0 Å². The summed E-state index contributed by atoms with van der Waals surface area (Å²) in [5, 5.41) is 15.1. The molecule has 0 aliphatic carbocycles. The molecule has 0 saturated heterocycles. The first kappa shape index (κ1) is 26.5. The van der Waals surface area contributed by atoms with Gasteiger partial charge in [0.25, 0.3) is 0 Å². The number of hydrogen-bond acceptors (Lipinski definition) is 6. The Morgan fingerprint density at radius 1 is 0.923 bits per heavy atom. The molecule has 198 valence electrons. The quantitative estimate of drug-likeness (QED) is 0.184. The van der Waals surface area contributed by atoms with Crippen LogP contribution in [0, 0.1) is 0 Å². The van der Waals surface area contributed by atoms with Gasteiger partial charge in [-0.15, -0.1) is 0 Å². The van der Waals surface area contributed by atoms with E-state index in [4.69, 9.17) is 42.3 Å². The molecule has 0 radical (unpaired) electrons. The van der Waals surface area contributed by atoms with Gasteiger partial charge in [0.1, 0.15) is 36.1 Å². The van der Waals surface area contributed by atoms with E-state index in [1.165, 1.54) is 6.07 Å². The van der Waals surface area contributed by atoms with Crippen LogP contribution in [-0.2, 0) is 19.6 Å². The number of halogens is 2. The van der Waals surface area contributed by atoms with Crippen molar-refractivity contribution in [2.24, 2.45) is 0 Å². The molecule has 5 rings (SSSR count). The molecule has 0 spiro atoms. The van der Waals surface area contributed by atoms with Crippen molar-refractivity contribution >= 4 is 40.1 Å². The molecule has 1 N–H and O–H groups in total. The number of ether oxygens (including phenoxy) is 2. The lowest BCUT2D eigenvalue weighted by molar-refractivity contribution is 0.0691. The standard InChI is InChI=1S/C30H24Cl2N2O5/c1-2-4-28-22(27(34-39-28)17-38-29-23(31)5-3-6-24(29)32)16-37-21-11-7-18(8-12-21)19-9-13-25-20(15-19)10-14-26(33-25)30(35)36/h3,5-15H,2,4,16-17H2,1H3,(H,35,36). The number of fused-ring (bicyclic) bond motifs is 1. The van der Waals surface area contributed by atoms with E-state index < -0.39 is 5.97 Å². The van der Waals surface area contributed by atoms with Crippen molar-refractivity contribution in [1.82, 2.24) is 10.1 Å². The van der Waals surface area contributed by atoms with Gasteiger partial charge < -0.3 is 19.1 Å². The monoisotopic (exact) mass is 562 g/mol. The van der Waals surface area contributed by atoms with Crippen molar-refractivity contribution in [2.45, 2.75) is 33.0 Å². The Balaban J connectivity index is 1.29. The maximum absolute atomic E-state index is 11.2. The molecule has 5 aromatic rings. The number of aromatic carboxylic acids is 1. The molecule has 0 amide bonds. The van der Waals surface area contributed by atoms with Crippen LogP contribution in [0.3, 0.4) is 0 Å². The van der Waals surface area contributed by atoms with Crippen molar-refractivity contribution in [3.05, 3.63) is 106 Å². The Kier molecular flexibility index (Phi) is 8.00. The molecule has 0 aliphatic heterocycles. The van der Waals surface area contributed by atoms with E-state index >= 15 is 0 Å². The average molecular weight is 563 g/mol. The summed E-state index contributed by atoms with van der Waals surface area (Å²) in [6, 6.07) is 21.9. The number of hydrogen-bond donors (Lipinski definition) is 1. The summed E-state index contributed by atoms with van der Waals surface area (Å²) < 4.78 is 17.6. The number of aromatic nitrogens is 2. The molecule has 0 aliphatic rings. The highest BCUT2D eigenvalue weighted by Crippen LogP contribution is 2.33. The lowest BCUT2D eigenvalue weighted by Crippen LogP contribution is -2.05. The highest BCUT2D eigenvalue weighted by Gasteiger charge is 2.18. The van der Waals surface area contributed by atoms with E-state index in [1.807, 2.05) is 42.5 Å². The second-order valence-electron chi connectivity index (χ2n) is 8.84. The van der Waals surface area contributed by atoms with Crippen LogP contribution in [0.15, 0.2) is 77.3 Å². The number of para-hydroxylation sites is 1. The molecule has 2 aromatic heterocycles. The van der Waals surface area contributed by atoms with Crippen LogP contribution in [0.2, 0.25) is 10.0 Å². The third-order valence-corrected chi connectivity index (χ3v) is 6.77. The van der Waals surface area contributed by atoms with Gasteiger partial charge >= 0.3 is 5.97 Å². The van der Waals surface area contributed by atoms with Gasteiger partial charge in [0, 0.05) is 11.8 Å². The van der Waals surface area contributed by atoms with Gasteiger partial charge in [0.15, 0.2) is 5.75 Å². The second kappa shape index (κ2) is 11.8. The molecular weight excluding hydrogens is 539 g/mol. The SMILES string of the molecule is CCCc1onc(COc2c(Cl)cccc2Cl)c1COc1ccc(-c2ccc3nc(C(=O)O)ccc3c2)cc1. The van der Waals surface area contributed by atoms with Crippen LogP contribution in [-0.4, -0.2) is 21.2 Å². The summed E-state index contributed by atoms with van der Waals surface area (Å²) >= 11 is 12.5. The Labute approximate surface area is 234 Å². The lowest BCUT2D eigenvalue weighted by Gasteiger charge is -2.11. The van der Waals surface area contributed by atoms with Crippen LogP contribution < -0.4 is 9.47 Å². The van der Waals surface area contributed by atoms with Crippen molar-refractivity contribution in [2.75, 3.05) is 0 Å². The minimum absolute atomic E-state index is 0.0223. The Hall–Kier alpha value is -4.07. The molecular formula is C30H24Cl2N2O5. The average Bonchev–Trinajstić information content (AvgIpc) is 3.32. The highest BCUT2D eigenvalue weighted by atomic mass is 35.5. The molecule has 0 saturated carbocycles. The van der Waals surface area contributed by atoms with Gasteiger partial charge in [0.2, 0.25) is 0 Å². The molecule has 3 aromatic carbocycles. The van der Waals surface area contributed by atoms with Crippen molar-refractivity contribution in [3.63, 3.8) is 0 Å². The minimum atomic E-state index is -1.05. The Morgan fingerprint density at radius 2 is 1.67 bits per heavy atom. The van der Waals surface area contributed by atoms with E-state index in [0.29, 0.717) is 32.8 Å². The molecule has 0 bridgehead atoms. The summed E-state index contributed by atoms with van der Waals surface area (Å²) in [7, 11) is 0. The predicted molar refractivity (Wildman–Crippen MR) is 150 cm³/mol. The number of nitrogens with zero attached hydrogens (tertiary/aromatic N) is 2. The maximum atomic E-state index is 11.2. The number of carbonyl (C=O) groups is 1. The zero-order valence-corrected chi connectivity index (χ0v) is 22.5. The van der Waals surface area contributed by atoms with Crippen molar-refractivity contribution in [3.8, 4) is 22.6 Å². The van der Waals surface area contributed by atoms with Gasteiger partial charge in [0.05, 0.1) is 21.1 Å². The lowest BCUT2D eigenvalue weighted by atomic mass is 10.0. The van der Waals surface area contributed by atoms with Gasteiger partial charge in [-0.05, 0) is 60.0 Å². The van der Waals surface area contributed by atoms with Gasteiger partial charge in [-0.3, -0.25) is 0 Å². The fourth-order valence-electron chi connectivity index (χ4n) is 4.17. The first-order valence-electron chi connectivity index (χ1n) is 12.3. The summed E-state index contributed by atoms with van der Waals surface area (Å²) in [6.07, 6.45) is 1.62. The predicted octanol–water partition coefficient (Wildman–Crippen LogP) is 8.01. The van der Waals surface area contributed by atoms with Gasteiger partial charge in [-0.2, -0.15) is 0 Å². The molecule has 0 unspecified atom stereocenters. The van der Waals surface area contributed by atoms with Gasteiger partial charge in [-0.25, -0.2) is 9.78 Å². The minimum Gasteiger partial charge on any atom is -0.489 e. The molecule has 7 nitrogen and oxygen atoms in total. The number of benzene rings is 3. The second-order valence-corrected chi connectivity index (χ2v) is 9.66. The summed E-state index contributed by atoms with van der Waals surface area (Å²) in [5.74, 6) is 0.801. The topological polar surface area (TPSA) is 94.7 Å². The van der Waals surface area contributed by atoms with Crippen molar-refractivity contribution in [1.29, 1.82) is 0 Å². The number of pyridine rings is 1. The van der Waals surface area contributed by atoms with Crippen LogP contribution in [0.25, 0.3) is 22.0 Å². The maximum Gasteiger partial charge on any atom is 0.354 e. The molecule has 39 heavy (non-hydrogen) atoms. The molecule has 0 fully saturated rings. The fraction of sp³-hybridized carbons (Fsp3) is 0.167. The van der Waals surface area contributed by atoms with E-state index in [-0.39, 0.29) is 18.9 Å². The van der Waals surface area contributed by atoms with E-state index in [0.717, 1.165) is 40.7 Å². The van der Waals surface area contributed by atoms with Crippen molar-refractivity contribution < 1.29 is 23.9 Å². The number of rotatable bonds is 10. The first-order valence-corrected chi connectivity index (χ1v) is 13.1. The smallest absolute Gasteiger partial charge is 0.354 e. The number of carboxylic acids is 1. The zero-order chi connectivity index (χ0) is 27.4. The number of carboxylic acid groups (broad SMARTS) is 1. The summed E-state index contributed by atoms with van der Waals surface area (Å²) in [6.45, 7) is 2.47. The zero-order valence-electron chi connectivity index (χ0n) is 21.0. The Bertz CT molecular complexity index is 1610. The Morgan fingerprint density at radius 3 is 2.38 bits per heavy atom. The normalized spacial score (nSPS) is 11.1. The highest BCUT2D eigenvalue weighted by molar-refractivity contribution is 6.37. The third kappa shape index (κ3) is 6.00. The molecule has 0 atom stereocenters. The van der Waals surface area contributed by atoms with Crippen LogP contribution in [0.1, 0.15) is 40.9 Å². The first-order chi connectivity index (χ1) is 18.9. The molecule has 9 heteroatoms. The van der Waals surface area contributed by atoms with E-state index in [2.05, 4.69) is 17.1 Å². The van der Waals surface area contributed by atoms with Crippen LogP contribution in [0.5, 0.6) is 11.5 Å². The summed E-state index contributed by atoms with van der Waals surface area (Å²) in [5.41, 5.74) is 4.10. The largest absolute Gasteiger partial charge is 0.489 e. The van der Waals surface area contributed by atoms with Gasteiger partial charge in [-0.1, -0.05) is 65.6 Å².